The van der Waals surface area contributed by atoms with Gasteiger partial charge in [-0.3, -0.25) is 0 Å². The van der Waals surface area contributed by atoms with E-state index < -0.39 is 0 Å². The fraction of sp³-hybridized carbons (Fsp3) is 0. The molecule has 2 rings (SSSR count). The minimum Gasteiger partial charge on any atom is -0.539 e. The quantitative estimate of drug-likeness (QED) is 0.438. The lowest BCUT2D eigenvalue weighted by molar-refractivity contribution is 0.413. The van der Waals surface area contributed by atoms with Crippen molar-refractivity contribution in [1.82, 2.24) is 0 Å². The number of fused-ring (bicyclic) bond motifs is 1. The highest BCUT2D eigenvalue weighted by molar-refractivity contribution is 6.34. The molecule has 0 amide bonds. The molecule has 80 valence electrons. The summed E-state index contributed by atoms with van der Waals surface area (Å²) in [6.07, 6.45) is 0. The van der Waals surface area contributed by atoms with E-state index in [1.54, 1.807) is 0 Å². The molecule has 2 aromatic rings. The molecule has 0 saturated carbocycles. The number of nitrogen functional groups attached to an aromatic ring is 1. The molecule has 0 bridgehead atoms. The third-order valence-corrected chi connectivity index (χ3v) is 2.24. The van der Waals surface area contributed by atoms with Crippen LogP contribution in [0.5, 0.6) is 5.75 Å². The first-order valence-corrected chi connectivity index (χ1v) is 4.90. The zero-order chi connectivity index (χ0) is 11.4. The monoisotopic (exact) mass is 215 g/mol. The molecule has 0 heterocycles. The number of anilines is 1. The van der Waals surface area contributed by atoms with Gasteiger partial charge in [-0.1, -0.05) is 12.1 Å². The topological polar surface area (TPSA) is 64.7 Å². The Morgan fingerprint density at radius 1 is 1.06 bits per heavy atom. The molecule has 3 N–H and O–H groups in total. The second-order valence-corrected chi connectivity index (χ2v) is 3.36. The summed E-state index contributed by atoms with van der Waals surface area (Å²) in [6, 6.07) is 11.3. The van der Waals surface area contributed by atoms with Crippen molar-refractivity contribution >= 4 is 31.8 Å². The molecular weight excluding hydrogens is 204 g/mol. The Hall–Kier alpha value is -1.65. The predicted molar refractivity (Wildman–Crippen MR) is 66.6 cm³/mol. The van der Waals surface area contributed by atoms with Gasteiger partial charge in [0.05, 0.1) is 0 Å². The lowest BCUT2D eigenvalue weighted by Crippen LogP contribution is -2.10. The molecule has 0 aliphatic carbocycles. The van der Waals surface area contributed by atoms with Gasteiger partial charge in [-0.05, 0) is 35.0 Å². The van der Waals surface area contributed by atoms with Gasteiger partial charge in [0.2, 0.25) is 0 Å². The van der Waals surface area contributed by atoms with Gasteiger partial charge in [-0.2, -0.15) is 0 Å². The zero-order valence-electron chi connectivity index (χ0n) is 8.72. The first kappa shape index (κ1) is 10.9. The highest BCUT2D eigenvalue weighted by Crippen LogP contribution is 2.22. The predicted octanol–water partition coefficient (Wildman–Crippen LogP) is 0.343. The van der Waals surface area contributed by atoms with Crippen LogP contribution < -0.4 is 10.4 Å². The van der Waals surface area contributed by atoms with Crippen molar-refractivity contribution in [2.45, 2.75) is 0 Å². The molecule has 0 spiro atoms. The molecule has 0 unspecified atom stereocenters. The maximum absolute atomic E-state index is 8.43. The third-order valence-electron chi connectivity index (χ3n) is 2.24. The van der Waals surface area contributed by atoms with E-state index >= 15 is 0 Å². The van der Waals surface area contributed by atoms with Crippen LogP contribution in [-0.2, 0) is 4.57 Å². The first-order valence-electron chi connectivity index (χ1n) is 4.90. The van der Waals surface area contributed by atoms with Gasteiger partial charge in [-0.25, -0.2) is 0 Å². The van der Waals surface area contributed by atoms with E-state index in [4.69, 9.17) is 15.4 Å². The number of benzene rings is 2. The standard InChI is InChI=1S/C10H11B2NO3/c13-9-3-1-8-6-10(15-12-16-11-14)4-2-7(8)5-9/h1-6,11-12,14H,13H2. The Morgan fingerprint density at radius 3 is 2.62 bits per heavy atom. The molecule has 2 aromatic carbocycles. The largest absolute Gasteiger partial charge is 0.539 e. The smallest absolute Gasteiger partial charge is 0.492 e. The summed E-state index contributed by atoms with van der Waals surface area (Å²) in [5, 5.41) is 10.5. The van der Waals surface area contributed by atoms with Gasteiger partial charge in [-0.15, -0.1) is 0 Å². The minimum absolute atomic E-state index is 0.0387. The lowest BCUT2D eigenvalue weighted by Gasteiger charge is -2.06. The van der Waals surface area contributed by atoms with Gasteiger partial charge in [0, 0.05) is 5.69 Å². The van der Waals surface area contributed by atoms with E-state index in [-0.39, 0.29) is 15.4 Å². The molecule has 0 aliphatic heterocycles. The van der Waals surface area contributed by atoms with E-state index in [2.05, 4.69) is 4.57 Å². The van der Waals surface area contributed by atoms with Crippen molar-refractivity contribution in [3.05, 3.63) is 36.4 Å². The number of hydrogen-bond acceptors (Lipinski definition) is 4. The molecule has 0 atom stereocenters. The maximum Gasteiger partial charge on any atom is 0.492 e. The minimum atomic E-state index is -0.343. The molecule has 0 saturated heterocycles. The van der Waals surface area contributed by atoms with Crippen molar-refractivity contribution in [2.24, 2.45) is 0 Å². The van der Waals surface area contributed by atoms with Crippen molar-refractivity contribution in [3.63, 3.8) is 0 Å². The van der Waals surface area contributed by atoms with Crippen LogP contribution in [0.4, 0.5) is 5.69 Å². The molecule has 0 aromatic heterocycles. The van der Waals surface area contributed by atoms with Crippen molar-refractivity contribution < 1.29 is 14.3 Å². The third kappa shape index (κ3) is 2.48. The highest BCUT2D eigenvalue weighted by atomic mass is 16.6. The van der Waals surface area contributed by atoms with Crippen LogP contribution in [0.3, 0.4) is 0 Å². The number of rotatable bonds is 4. The van der Waals surface area contributed by atoms with Crippen LogP contribution in [0, 0.1) is 0 Å². The van der Waals surface area contributed by atoms with Crippen molar-refractivity contribution in [3.8, 4) is 5.75 Å². The molecule has 0 aliphatic rings. The highest BCUT2D eigenvalue weighted by Gasteiger charge is 1.99. The van der Waals surface area contributed by atoms with Gasteiger partial charge in [0.1, 0.15) is 5.75 Å². The molecule has 16 heavy (non-hydrogen) atoms. The molecule has 0 fully saturated rings. The number of hydrogen-bond donors (Lipinski definition) is 2. The Morgan fingerprint density at radius 2 is 1.81 bits per heavy atom. The summed E-state index contributed by atoms with van der Waals surface area (Å²) in [6.45, 7) is 0. The Bertz CT molecular complexity index is 492. The summed E-state index contributed by atoms with van der Waals surface area (Å²) in [4.78, 5) is 0. The van der Waals surface area contributed by atoms with Crippen molar-refractivity contribution in [2.75, 3.05) is 5.73 Å². The van der Waals surface area contributed by atoms with Gasteiger partial charge in [0.15, 0.2) is 0 Å². The van der Waals surface area contributed by atoms with E-state index in [1.165, 1.54) is 0 Å². The second kappa shape index (κ2) is 4.92. The van der Waals surface area contributed by atoms with Crippen LogP contribution >= 0.6 is 0 Å². The van der Waals surface area contributed by atoms with E-state index in [9.17, 15) is 0 Å². The SMILES string of the molecule is Nc1ccc2cc(OBOBO)ccc2c1. The molecule has 6 heteroatoms. The van der Waals surface area contributed by atoms with Gasteiger partial charge >= 0.3 is 15.4 Å². The summed E-state index contributed by atoms with van der Waals surface area (Å²) in [5.74, 6) is 0.700. The summed E-state index contributed by atoms with van der Waals surface area (Å²) in [5.41, 5.74) is 6.42. The summed E-state index contributed by atoms with van der Waals surface area (Å²) >= 11 is 0. The van der Waals surface area contributed by atoms with Crippen LogP contribution in [0.15, 0.2) is 36.4 Å². The molecule has 0 radical (unpaired) electrons. The van der Waals surface area contributed by atoms with E-state index in [0.29, 0.717) is 5.75 Å². The van der Waals surface area contributed by atoms with Crippen molar-refractivity contribution in [1.29, 1.82) is 0 Å². The normalized spacial score (nSPS) is 10.1. The number of nitrogens with two attached hydrogens (primary N) is 1. The fourth-order valence-corrected chi connectivity index (χ4v) is 1.48. The summed E-state index contributed by atoms with van der Waals surface area (Å²) in [7, 11) is -0.304. The Kier molecular flexibility index (Phi) is 3.34. The first-order chi connectivity index (χ1) is 7.79. The van der Waals surface area contributed by atoms with E-state index in [1.807, 2.05) is 36.4 Å². The average molecular weight is 215 g/mol. The lowest BCUT2D eigenvalue weighted by atomic mass is 10.1. The fourth-order valence-electron chi connectivity index (χ4n) is 1.48. The van der Waals surface area contributed by atoms with Crippen LogP contribution in [0.1, 0.15) is 0 Å². The molecule has 4 nitrogen and oxygen atoms in total. The van der Waals surface area contributed by atoms with E-state index in [0.717, 1.165) is 16.5 Å². The zero-order valence-corrected chi connectivity index (χ0v) is 8.72. The van der Waals surface area contributed by atoms with Crippen LogP contribution in [0.2, 0.25) is 0 Å². The average Bonchev–Trinajstić information content (AvgIpc) is 2.29. The van der Waals surface area contributed by atoms with Crippen LogP contribution in [0.25, 0.3) is 10.8 Å². The van der Waals surface area contributed by atoms with Crippen LogP contribution in [-0.4, -0.2) is 20.4 Å². The summed E-state index contributed by atoms with van der Waals surface area (Å²) < 4.78 is 9.95. The Balaban J connectivity index is 2.20. The second-order valence-electron chi connectivity index (χ2n) is 3.36. The van der Waals surface area contributed by atoms with Gasteiger partial charge in [0.25, 0.3) is 0 Å². The molecular formula is C10H11B2NO3. The Labute approximate surface area is 94.6 Å². The van der Waals surface area contributed by atoms with Gasteiger partial charge < -0.3 is 20.0 Å². The maximum atomic E-state index is 8.43.